The summed E-state index contributed by atoms with van der Waals surface area (Å²) in [7, 11) is -3.22. The highest BCUT2D eigenvalue weighted by Gasteiger charge is 2.08. The smallest absolute Gasteiger partial charge is 0.175 e. The van der Waals surface area contributed by atoms with Crippen LogP contribution in [0.3, 0.4) is 0 Å². The summed E-state index contributed by atoms with van der Waals surface area (Å²) < 4.78 is 23.0. The van der Waals surface area contributed by atoms with Crippen LogP contribution < -0.4 is 0 Å². The van der Waals surface area contributed by atoms with E-state index in [9.17, 15) is 13.2 Å². The number of carbonyl (C=O) groups excluding carboxylic acids is 1. The molecule has 0 radical (unpaired) electrons. The summed E-state index contributed by atoms with van der Waals surface area (Å²) in [5, 5.41) is 0. The zero-order valence-electron chi connectivity index (χ0n) is 9.83. The fraction of sp³-hybridized carbons (Fsp3) is 0.0714. The standard InChI is InChI=1S/C14H12O3S/c1-18(16,17)14-7-3-6-13(9-14)12-5-2-4-11(8-12)10-15/h2-10H,1H3. The third kappa shape index (κ3) is 2.65. The van der Waals surface area contributed by atoms with Crippen LogP contribution in [0.4, 0.5) is 0 Å². The zero-order valence-corrected chi connectivity index (χ0v) is 10.6. The fourth-order valence-electron chi connectivity index (χ4n) is 1.70. The number of sulfone groups is 1. The molecule has 0 heterocycles. The van der Waals surface area contributed by atoms with E-state index in [2.05, 4.69) is 0 Å². The molecule has 0 N–H and O–H groups in total. The molecule has 0 aliphatic carbocycles. The van der Waals surface area contributed by atoms with Crippen LogP contribution >= 0.6 is 0 Å². The molecule has 0 spiro atoms. The van der Waals surface area contributed by atoms with Gasteiger partial charge in [0.1, 0.15) is 6.29 Å². The maximum Gasteiger partial charge on any atom is 0.175 e. The average Bonchev–Trinajstić information content (AvgIpc) is 2.38. The van der Waals surface area contributed by atoms with E-state index in [1.54, 1.807) is 36.4 Å². The molecule has 18 heavy (non-hydrogen) atoms. The molecule has 92 valence electrons. The monoisotopic (exact) mass is 260 g/mol. The Morgan fingerprint density at radius 3 is 2.17 bits per heavy atom. The van der Waals surface area contributed by atoms with Crippen LogP contribution in [0.15, 0.2) is 53.4 Å². The number of benzene rings is 2. The van der Waals surface area contributed by atoms with E-state index in [-0.39, 0.29) is 4.90 Å². The molecule has 2 aromatic carbocycles. The lowest BCUT2D eigenvalue weighted by atomic mass is 10.0. The Balaban J connectivity index is 2.54. The van der Waals surface area contributed by atoms with Crippen molar-refractivity contribution in [2.45, 2.75) is 4.90 Å². The van der Waals surface area contributed by atoms with Gasteiger partial charge in [0.05, 0.1) is 4.90 Å². The third-order valence-corrected chi connectivity index (χ3v) is 3.73. The predicted octanol–water partition coefficient (Wildman–Crippen LogP) is 2.57. The molecule has 0 aromatic heterocycles. The molecular formula is C14H12O3S. The highest BCUT2D eigenvalue weighted by Crippen LogP contribution is 2.23. The molecule has 0 amide bonds. The van der Waals surface area contributed by atoms with Gasteiger partial charge in [0, 0.05) is 11.8 Å². The van der Waals surface area contributed by atoms with Crippen molar-refractivity contribution in [3.8, 4) is 11.1 Å². The lowest BCUT2D eigenvalue weighted by Crippen LogP contribution is -1.96. The van der Waals surface area contributed by atoms with Gasteiger partial charge in [-0.05, 0) is 29.3 Å². The lowest BCUT2D eigenvalue weighted by Gasteiger charge is -2.04. The minimum Gasteiger partial charge on any atom is -0.298 e. The molecule has 0 bridgehead atoms. The molecule has 0 aliphatic heterocycles. The molecule has 2 rings (SSSR count). The zero-order chi connectivity index (χ0) is 13.2. The van der Waals surface area contributed by atoms with E-state index in [1.807, 2.05) is 12.1 Å². The van der Waals surface area contributed by atoms with Crippen molar-refractivity contribution in [3.05, 3.63) is 54.1 Å². The summed E-state index contributed by atoms with van der Waals surface area (Å²) in [5.74, 6) is 0. The molecule has 0 fully saturated rings. The van der Waals surface area contributed by atoms with Gasteiger partial charge in [0.15, 0.2) is 9.84 Å². The van der Waals surface area contributed by atoms with Crippen molar-refractivity contribution in [1.82, 2.24) is 0 Å². The molecule has 2 aromatic rings. The second-order valence-electron chi connectivity index (χ2n) is 4.04. The highest BCUT2D eigenvalue weighted by molar-refractivity contribution is 7.90. The first-order valence-corrected chi connectivity index (χ1v) is 7.25. The van der Waals surface area contributed by atoms with E-state index in [0.29, 0.717) is 5.56 Å². The third-order valence-electron chi connectivity index (χ3n) is 2.62. The summed E-state index contributed by atoms with van der Waals surface area (Å²) >= 11 is 0. The van der Waals surface area contributed by atoms with Crippen molar-refractivity contribution >= 4 is 16.1 Å². The number of rotatable bonds is 3. The molecule has 0 aliphatic rings. The Kier molecular flexibility index (Phi) is 3.30. The van der Waals surface area contributed by atoms with Crippen LogP contribution in [0.25, 0.3) is 11.1 Å². The summed E-state index contributed by atoms with van der Waals surface area (Å²) in [6, 6.07) is 13.7. The predicted molar refractivity (Wildman–Crippen MR) is 70.4 cm³/mol. The molecule has 0 saturated carbocycles. The van der Waals surface area contributed by atoms with Crippen molar-refractivity contribution in [2.75, 3.05) is 6.26 Å². The minimum atomic E-state index is -3.22. The van der Waals surface area contributed by atoms with Crippen molar-refractivity contribution in [1.29, 1.82) is 0 Å². The van der Waals surface area contributed by atoms with Gasteiger partial charge in [0.25, 0.3) is 0 Å². The maximum atomic E-state index is 11.5. The van der Waals surface area contributed by atoms with Crippen LogP contribution in [0.2, 0.25) is 0 Å². The number of hydrogen-bond acceptors (Lipinski definition) is 3. The number of hydrogen-bond donors (Lipinski definition) is 0. The summed E-state index contributed by atoms with van der Waals surface area (Å²) in [5.41, 5.74) is 2.17. The summed E-state index contributed by atoms with van der Waals surface area (Å²) in [6.45, 7) is 0. The van der Waals surface area contributed by atoms with Gasteiger partial charge in [0.2, 0.25) is 0 Å². The molecular weight excluding hydrogens is 248 g/mol. The minimum absolute atomic E-state index is 0.275. The van der Waals surface area contributed by atoms with E-state index < -0.39 is 9.84 Å². The largest absolute Gasteiger partial charge is 0.298 e. The summed E-state index contributed by atoms with van der Waals surface area (Å²) in [4.78, 5) is 11.0. The van der Waals surface area contributed by atoms with E-state index >= 15 is 0 Å². The fourth-order valence-corrected chi connectivity index (χ4v) is 2.36. The van der Waals surface area contributed by atoms with Crippen LogP contribution in [-0.2, 0) is 9.84 Å². The van der Waals surface area contributed by atoms with Gasteiger partial charge in [-0.1, -0.05) is 30.3 Å². The first-order chi connectivity index (χ1) is 8.50. The Labute approximate surface area is 106 Å². The van der Waals surface area contributed by atoms with E-state index in [0.717, 1.165) is 17.4 Å². The SMILES string of the molecule is CS(=O)(=O)c1cccc(-c2cccc(C=O)c2)c1. The van der Waals surface area contributed by atoms with Gasteiger partial charge in [-0.2, -0.15) is 0 Å². The van der Waals surface area contributed by atoms with Gasteiger partial charge in [-0.3, -0.25) is 4.79 Å². The van der Waals surface area contributed by atoms with Crippen molar-refractivity contribution in [2.24, 2.45) is 0 Å². The molecule has 0 saturated heterocycles. The topological polar surface area (TPSA) is 51.2 Å². The van der Waals surface area contributed by atoms with Crippen LogP contribution in [0.1, 0.15) is 10.4 Å². The van der Waals surface area contributed by atoms with Crippen molar-refractivity contribution in [3.63, 3.8) is 0 Å². The van der Waals surface area contributed by atoms with Gasteiger partial charge in [-0.25, -0.2) is 8.42 Å². The number of carbonyl (C=O) groups is 1. The Hall–Kier alpha value is -1.94. The van der Waals surface area contributed by atoms with E-state index in [1.165, 1.54) is 6.26 Å². The number of aldehydes is 1. The molecule has 4 heteroatoms. The highest BCUT2D eigenvalue weighted by atomic mass is 32.2. The van der Waals surface area contributed by atoms with Gasteiger partial charge >= 0.3 is 0 Å². The lowest BCUT2D eigenvalue weighted by molar-refractivity contribution is 0.112. The van der Waals surface area contributed by atoms with Crippen LogP contribution in [0, 0.1) is 0 Å². The van der Waals surface area contributed by atoms with Crippen LogP contribution in [-0.4, -0.2) is 21.0 Å². The average molecular weight is 260 g/mol. The van der Waals surface area contributed by atoms with Crippen LogP contribution in [0.5, 0.6) is 0 Å². The Morgan fingerprint density at radius 2 is 1.56 bits per heavy atom. The quantitative estimate of drug-likeness (QED) is 0.797. The molecule has 3 nitrogen and oxygen atoms in total. The first-order valence-electron chi connectivity index (χ1n) is 5.36. The second kappa shape index (κ2) is 4.74. The summed E-state index contributed by atoms with van der Waals surface area (Å²) in [6.07, 6.45) is 1.94. The van der Waals surface area contributed by atoms with Gasteiger partial charge < -0.3 is 0 Å². The molecule has 0 unspecified atom stereocenters. The van der Waals surface area contributed by atoms with Crippen molar-refractivity contribution < 1.29 is 13.2 Å². The normalized spacial score (nSPS) is 11.2. The van der Waals surface area contributed by atoms with E-state index in [4.69, 9.17) is 0 Å². The maximum absolute atomic E-state index is 11.5. The molecule has 0 atom stereocenters. The first kappa shape index (κ1) is 12.5. The Bertz CT molecular complexity index is 688. The van der Waals surface area contributed by atoms with Gasteiger partial charge in [-0.15, -0.1) is 0 Å². The second-order valence-corrected chi connectivity index (χ2v) is 6.06. The Morgan fingerprint density at radius 1 is 0.944 bits per heavy atom.